The molecule has 2 fully saturated rings. The molecule has 53 heavy (non-hydrogen) atoms. The summed E-state index contributed by atoms with van der Waals surface area (Å²) in [6.45, 7) is 6.04. The highest BCUT2D eigenvalue weighted by molar-refractivity contribution is 6.23. The second-order valence-corrected chi connectivity index (χ2v) is 13.9. The smallest absolute Gasteiger partial charge is 0.262 e. The Balaban J connectivity index is 0.829. The molecule has 1 aliphatic carbocycles. The van der Waals surface area contributed by atoms with E-state index in [1.165, 1.54) is 12.4 Å². The lowest BCUT2D eigenvalue weighted by Crippen LogP contribution is -2.54. The molecule has 2 N–H and O–H groups in total. The van der Waals surface area contributed by atoms with E-state index in [9.17, 15) is 19.2 Å². The van der Waals surface area contributed by atoms with E-state index in [1.54, 1.807) is 25.1 Å². The van der Waals surface area contributed by atoms with Crippen LogP contribution in [-0.4, -0.2) is 66.8 Å². The van der Waals surface area contributed by atoms with Crippen molar-refractivity contribution in [2.75, 3.05) is 5.32 Å². The Bertz CT molecular complexity index is 2230. The first kappa shape index (κ1) is 33.7. The summed E-state index contributed by atoms with van der Waals surface area (Å²) >= 11 is 0. The van der Waals surface area contributed by atoms with Crippen LogP contribution in [-0.2, 0) is 15.0 Å². The third-order valence-electron chi connectivity index (χ3n) is 9.97. The van der Waals surface area contributed by atoms with Crippen LogP contribution in [0.1, 0.15) is 77.3 Å². The molecule has 4 heterocycles. The van der Waals surface area contributed by atoms with Crippen molar-refractivity contribution in [1.82, 2.24) is 30.3 Å². The minimum Gasteiger partial charge on any atom is -0.490 e. The molecule has 1 atom stereocenters. The summed E-state index contributed by atoms with van der Waals surface area (Å²) in [4.78, 5) is 63.8. The molecule has 1 unspecified atom stereocenters. The van der Waals surface area contributed by atoms with E-state index in [1.807, 2.05) is 36.4 Å². The number of hydrogen-bond acceptors (Lipinski definition) is 12. The highest BCUT2D eigenvalue weighted by Gasteiger charge is 2.45. The van der Waals surface area contributed by atoms with E-state index < -0.39 is 29.7 Å². The number of carbonyl (C=O) groups excluding carboxylic acids is 4. The summed E-state index contributed by atoms with van der Waals surface area (Å²) in [5, 5.41) is 9.50. The lowest BCUT2D eigenvalue weighted by atomic mass is 9.78. The molecule has 3 aromatic carbocycles. The summed E-state index contributed by atoms with van der Waals surface area (Å²) < 4.78 is 17.2. The van der Waals surface area contributed by atoms with Gasteiger partial charge in [0, 0.05) is 43.3 Å². The number of benzene rings is 3. The predicted molar refractivity (Wildman–Crippen MR) is 189 cm³/mol. The largest absolute Gasteiger partial charge is 0.490 e. The Hall–Kier alpha value is -6.44. The summed E-state index contributed by atoms with van der Waals surface area (Å²) in [7, 11) is 0. The third kappa shape index (κ3) is 6.59. The van der Waals surface area contributed by atoms with Gasteiger partial charge in [-0.05, 0) is 60.0 Å². The molecule has 2 aromatic heterocycles. The number of ether oxygens (including phenoxy) is 2. The Labute approximate surface area is 303 Å². The van der Waals surface area contributed by atoms with Crippen LogP contribution in [0.4, 0.5) is 5.69 Å². The van der Waals surface area contributed by atoms with Crippen molar-refractivity contribution in [3.8, 4) is 28.9 Å². The summed E-state index contributed by atoms with van der Waals surface area (Å²) in [6, 6.07) is 20.2. The van der Waals surface area contributed by atoms with Gasteiger partial charge in [-0.1, -0.05) is 43.3 Å². The first-order valence-corrected chi connectivity index (χ1v) is 17.3. The van der Waals surface area contributed by atoms with Crippen LogP contribution in [0.25, 0.3) is 11.5 Å². The third-order valence-corrected chi connectivity index (χ3v) is 9.97. The highest BCUT2D eigenvalue weighted by atomic mass is 16.5. The molecule has 0 radical (unpaired) electrons. The molecule has 0 spiro atoms. The lowest BCUT2D eigenvalue weighted by molar-refractivity contribution is -0.136. The van der Waals surface area contributed by atoms with Gasteiger partial charge in [-0.3, -0.25) is 29.4 Å². The average molecular weight is 714 g/mol. The van der Waals surface area contributed by atoms with Crippen LogP contribution in [0.2, 0.25) is 0 Å². The fraction of sp³-hybridized carbons (Fsp3) is 0.282. The van der Waals surface area contributed by atoms with Gasteiger partial charge in [0.05, 0.1) is 23.5 Å². The molecule has 14 heteroatoms. The summed E-state index contributed by atoms with van der Waals surface area (Å²) in [5.74, 6) is 0.513. The number of aryl methyl sites for hydroxylation is 1. The van der Waals surface area contributed by atoms with Crippen molar-refractivity contribution in [3.05, 3.63) is 107 Å². The van der Waals surface area contributed by atoms with Gasteiger partial charge >= 0.3 is 0 Å². The molecule has 1 saturated carbocycles. The molecule has 2 aliphatic heterocycles. The molecule has 268 valence electrons. The number of imide groups is 2. The Morgan fingerprint density at radius 3 is 2.21 bits per heavy atom. The van der Waals surface area contributed by atoms with Gasteiger partial charge in [0.15, 0.2) is 0 Å². The second-order valence-electron chi connectivity index (χ2n) is 13.9. The number of carbonyl (C=O) groups is 4. The van der Waals surface area contributed by atoms with Gasteiger partial charge in [0.1, 0.15) is 29.3 Å². The van der Waals surface area contributed by atoms with Gasteiger partial charge in [0.2, 0.25) is 29.4 Å². The van der Waals surface area contributed by atoms with Gasteiger partial charge in [-0.2, -0.15) is 4.98 Å². The number of anilines is 1. The number of nitrogens with one attached hydrogen (secondary N) is 2. The molecule has 4 amide bonds. The van der Waals surface area contributed by atoms with Crippen LogP contribution in [0.5, 0.6) is 17.4 Å². The predicted octanol–water partition coefficient (Wildman–Crippen LogP) is 5.38. The van der Waals surface area contributed by atoms with Crippen LogP contribution in [0, 0.1) is 6.92 Å². The standard InChI is InChI=1S/C39H35N7O7/c1-21-42-35(45-53-21)31-19-41-34(20-40-31)52-27-11-6-23(7-12-27)39(2,3)22-4-9-26(10-5-22)51-28-16-25(17-28)43-24-8-13-29-30(18-24)38(50)46(37(29)49)32-14-15-33(47)44-36(32)48/h4-13,18-20,25,28,32,43H,14-17H2,1-3H3,(H,44,47,48)/t25-,28+,32?. The fourth-order valence-electron chi connectivity index (χ4n) is 6.83. The number of nitrogens with zero attached hydrogens (tertiary/aromatic N) is 5. The maximum Gasteiger partial charge on any atom is 0.262 e. The van der Waals surface area contributed by atoms with Crippen LogP contribution in [0.3, 0.4) is 0 Å². The maximum atomic E-state index is 13.2. The van der Waals surface area contributed by atoms with Gasteiger partial charge in [-0.25, -0.2) is 9.97 Å². The zero-order valence-electron chi connectivity index (χ0n) is 29.2. The Morgan fingerprint density at radius 1 is 0.868 bits per heavy atom. The van der Waals surface area contributed by atoms with Crippen LogP contribution in [0.15, 0.2) is 83.6 Å². The minimum atomic E-state index is -0.991. The van der Waals surface area contributed by atoms with Crippen molar-refractivity contribution in [2.45, 2.75) is 70.1 Å². The molecule has 8 rings (SSSR count). The van der Waals surface area contributed by atoms with Gasteiger partial charge < -0.3 is 19.3 Å². The van der Waals surface area contributed by atoms with Crippen molar-refractivity contribution in [3.63, 3.8) is 0 Å². The lowest BCUT2D eigenvalue weighted by Gasteiger charge is -2.36. The SMILES string of the molecule is Cc1nc(-c2cnc(Oc3ccc(C(C)(C)c4ccc(O[C@H]5C[C@@H](Nc6ccc7c(c6)C(=O)N(C6CCC(=O)NC6=O)C7=O)C5)cc4)cc3)cn2)no1. The van der Waals surface area contributed by atoms with Crippen LogP contribution >= 0.6 is 0 Å². The molecule has 14 nitrogen and oxygen atoms in total. The molecule has 0 bridgehead atoms. The van der Waals surface area contributed by atoms with E-state index in [2.05, 4.69) is 56.7 Å². The first-order valence-electron chi connectivity index (χ1n) is 17.3. The molecular formula is C39H35N7O7. The zero-order valence-corrected chi connectivity index (χ0v) is 29.2. The van der Waals surface area contributed by atoms with Crippen molar-refractivity contribution < 1.29 is 33.2 Å². The van der Waals surface area contributed by atoms with Gasteiger partial charge in [-0.15, -0.1) is 0 Å². The highest BCUT2D eigenvalue weighted by Crippen LogP contribution is 2.36. The zero-order chi connectivity index (χ0) is 36.9. The number of amides is 4. The van der Waals surface area contributed by atoms with Crippen molar-refractivity contribution >= 4 is 29.3 Å². The number of hydrogen-bond donors (Lipinski definition) is 2. The number of aromatic nitrogens is 4. The monoisotopic (exact) mass is 713 g/mol. The summed E-state index contributed by atoms with van der Waals surface area (Å²) in [5.41, 5.74) is 3.66. The minimum absolute atomic E-state index is 0.0311. The molecule has 1 saturated heterocycles. The first-order chi connectivity index (χ1) is 25.5. The normalized spacial score (nSPS) is 19.8. The Kier molecular flexibility index (Phi) is 8.44. The number of fused-ring (bicyclic) bond motifs is 1. The molecule has 3 aliphatic rings. The topological polar surface area (TPSA) is 179 Å². The van der Waals surface area contributed by atoms with E-state index >= 15 is 0 Å². The molecule has 5 aromatic rings. The quantitative estimate of drug-likeness (QED) is 0.177. The second kappa shape index (κ2) is 13.3. The Morgan fingerprint density at radius 2 is 1.57 bits per heavy atom. The summed E-state index contributed by atoms with van der Waals surface area (Å²) in [6.07, 6.45) is 4.82. The van der Waals surface area contributed by atoms with E-state index in [4.69, 9.17) is 14.0 Å². The fourth-order valence-corrected chi connectivity index (χ4v) is 6.83. The maximum absolute atomic E-state index is 13.2. The number of piperidine rings is 1. The van der Waals surface area contributed by atoms with Crippen molar-refractivity contribution in [1.29, 1.82) is 0 Å². The van der Waals surface area contributed by atoms with Crippen LogP contribution < -0.4 is 20.1 Å². The van der Waals surface area contributed by atoms with E-state index in [0.717, 1.165) is 34.6 Å². The van der Waals surface area contributed by atoms with Crippen molar-refractivity contribution in [2.24, 2.45) is 0 Å². The van der Waals surface area contributed by atoms with E-state index in [-0.39, 0.29) is 41.5 Å². The molecular weight excluding hydrogens is 678 g/mol. The van der Waals surface area contributed by atoms with E-state index in [0.29, 0.717) is 34.7 Å². The number of rotatable bonds is 10. The average Bonchev–Trinajstić information content (AvgIpc) is 3.68. The van der Waals surface area contributed by atoms with Gasteiger partial charge in [0.25, 0.3) is 11.8 Å².